The first-order valence-corrected chi connectivity index (χ1v) is 6.95. The lowest BCUT2D eigenvalue weighted by molar-refractivity contribution is 0.931. The number of aryl methyl sites for hydroxylation is 1. The van der Waals surface area contributed by atoms with Crippen LogP contribution >= 0.6 is 23.2 Å². The molecule has 1 aliphatic rings. The molecule has 1 heterocycles. The molecule has 98 valence electrons. The molecule has 0 bridgehead atoms. The first-order chi connectivity index (χ1) is 9.11. The summed E-state index contributed by atoms with van der Waals surface area (Å²) in [5.74, 6) is 1.97. The van der Waals surface area contributed by atoms with Crippen molar-refractivity contribution >= 4 is 34.7 Å². The Labute approximate surface area is 122 Å². The quantitative estimate of drug-likeness (QED) is 0.833. The Morgan fingerprint density at radius 1 is 1.16 bits per heavy atom. The van der Waals surface area contributed by atoms with Gasteiger partial charge in [-0.05, 0) is 37.5 Å². The summed E-state index contributed by atoms with van der Waals surface area (Å²) >= 11 is 12.2. The van der Waals surface area contributed by atoms with Crippen molar-refractivity contribution < 1.29 is 0 Å². The third-order valence-corrected chi connectivity index (χ3v) is 3.55. The van der Waals surface area contributed by atoms with E-state index in [1.54, 1.807) is 6.07 Å². The van der Waals surface area contributed by atoms with Gasteiger partial charge in [0, 0.05) is 12.0 Å². The molecule has 1 saturated carbocycles. The zero-order valence-electron chi connectivity index (χ0n) is 10.5. The van der Waals surface area contributed by atoms with Crippen molar-refractivity contribution in [3.8, 4) is 0 Å². The van der Waals surface area contributed by atoms with E-state index < -0.39 is 0 Å². The number of hydrogen-bond donors (Lipinski definition) is 1. The van der Waals surface area contributed by atoms with Crippen LogP contribution in [0.2, 0.25) is 10.2 Å². The van der Waals surface area contributed by atoms with Crippen LogP contribution in [0.15, 0.2) is 24.3 Å². The van der Waals surface area contributed by atoms with Gasteiger partial charge in [-0.3, -0.25) is 0 Å². The van der Waals surface area contributed by atoms with Crippen LogP contribution in [0, 0.1) is 6.92 Å². The highest BCUT2D eigenvalue weighted by atomic mass is 35.5. The lowest BCUT2D eigenvalue weighted by Crippen LogP contribution is -2.00. The standard InChI is InChI=1S/C14H13Cl2N3/c1-8-2-5-11(10(15)6-8)17-13-7-12(16)18-14(19-13)9-3-4-9/h2,5-7,9H,3-4H2,1H3,(H,17,18,19). The molecule has 1 fully saturated rings. The number of anilines is 2. The molecule has 0 aliphatic heterocycles. The maximum atomic E-state index is 6.19. The first-order valence-electron chi connectivity index (χ1n) is 6.19. The average molecular weight is 294 g/mol. The van der Waals surface area contributed by atoms with Crippen molar-refractivity contribution in [2.45, 2.75) is 25.7 Å². The van der Waals surface area contributed by atoms with Crippen molar-refractivity contribution in [2.24, 2.45) is 0 Å². The molecule has 2 aromatic rings. The summed E-state index contributed by atoms with van der Waals surface area (Å²) in [6.45, 7) is 2.00. The second-order valence-corrected chi connectivity index (χ2v) is 5.61. The molecule has 19 heavy (non-hydrogen) atoms. The van der Waals surface area contributed by atoms with Gasteiger partial charge in [-0.25, -0.2) is 9.97 Å². The lowest BCUT2D eigenvalue weighted by Gasteiger charge is -2.09. The minimum Gasteiger partial charge on any atom is -0.339 e. The predicted octanol–water partition coefficient (Wildman–Crippen LogP) is 4.71. The van der Waals surface area contributed by atoms with E-state index in [2.05, 4.69) is 15.3 Å². The Bertz CT molecular complexity index is 624. The average Bonchev–Trinajstić information content (AvgIpc) is 3.16. The predicted molar refractivity (Wildman–Crippen MR) is 78.5 cm³/mol. The maximum Gasteiger partial charge on any atom is 0.135 e. The number of hydrogen-bond acceptors (Lipinski definition) is 3. The van der Waals surface area contributed by atoms with E-state index in [-0.39, 0.29) is 0 Å². The van der Waals surface area contributed by atoms with Gasteiger partial charge in [0.2, 0.25) is 0 Å². The van der Waals surface area contributed by atoms with Gasteiger partial charge < -0.3 is 5.32 Å². The van der Waals surface area contributed by atoms with E-state index in [4.69, 9.17) is 23.2 Å². The van der Waals surface area contributed by atoms with Gasteiger partial charge in [-0.15, -0.1) is 0 Å². The highest BCUT2D eigenvalue weighted by Gasteiger charge is 2.27. The number of halogens is 2. The largest absolute Gasteiger partial charge is 0.339 e. The van der Waals surface area contributed by atoms with Crippen LogP contribution in [0.25, 0.3) is 0 Å². The molecule has 0 unspecified atom stereocenters. The summed E-state index contributed by atoms with van der Waals surface area (Å²) in [4.78, 5) is 8.74. The van der Waals surface area contributed by atoms with Crippen LogP contribution in [0.3, 0.4) is 0 Å². The molecular weight excluding hydrogens is 281 g/mol. The second-order valence-electron chi connectivity index (χ2n) is 4.82. The Morgan fingerprint density at radius 2 is 1.95 bits per heavy atom. The molecule has 3 rings (SSSR count). The summed E-state index contributed by atoms with van der Waals surface area (Å²) in [6, 6.07) is 7.56. The van der Waals surface area contributed by atoms with Crippen LogP contribution in [0.4, 0.5) is 11.5 Å². The number of aromatic nitrogens is 2. The van der Waals surface area contributed by atoms with Crippen LogP contribution < -0.4 is 5.32 Å². The molecule has 3 nitrogen and oxygen atoms in total. The molecule has 0 saturated heterocycles. The van der Waals surface area contributed by atoms with E-state index in [1.165, 1.54) is 0 Å². The number of benzene rings is 1. The van der Waals surface area contributed by atoms with Crippen molar-refractivity contribution in [3.63, 3.8) is 0 Å². The SMILES string of the molecule is Cc1ccc(Nc2cc(Cl)nc(C3CC3)n2)c(Cl)c1. The summed E-state index contributed by atoms with van der Waals surface area (Å²) in [5, 5.41) is 4.33. The normalized spacial score (nSPS) is 14.5. The molecule has 0 atom stereocenters. The van der Waals surface area contributed by atoms with E-state index in [0.29, 0.717) is 21.9 Å². The van der Waals surface area contributed by atoms with Crippen LogP contribution in [0.5, 0.6) is 0 Å². The summed E-state index contributed by atoms with van der Waals surface area (Å²) in [6.07, 6.45) is 2.29. The fourth-order valence-corrected chi connectivity index (χ4v) is 2.36. The summed E-state index contributed by atoms with van der Waals surface area (Å²) < 4.78 is 0. The van der Waals surface area contributed by atoms with Gasteiger partial charge in [0.25, 0.3) is 0 Å². The molecule has 0 spiro atoms. The number of nitrogens with zero attached hydrogens (tertiary/aromatic N) is 2. The van der Waals surface area contributed by atoms with E-state index in [9.17, 15) is 0 Å². The Balaban J connectivity index is 1.89. The molecule has 1 aliphatic carbocycles. The fourth-order valence-electron chi connectivity index (χ4n) is 1.88. The van der Waals surface area contributed by atoms with Crippen molar-refractivity contribution in [1.82, 2.24) is 9.97 Å². The second kappa shape index (κ2) is 4.99. The summed E-state index contributed by atoms with van der Waals surface area (Å²) in [5.41, 5.74) is 1.94. The van der Waals surface area contributed by atoms with Crippen molar-refractivity contribution in [1.29, 1.82) is 0 Å². The van der Waals surface area contributed by atoms with Crippen molar-refractivity contribution in [3.05, 3.63) is 45.8 Å². The van der Waals surface area contributed by atoms with Gasteiger partial charge >= 0.3 is 0 Å². The minimum atomic E-state index is 0.461. The molecule has 0 amide bonds. The number of nitrogens with one attached hydrogen (secondary N) is 1. The maximum absolute atomic E-state index is 6.19. The fraction of sp³-hybridized carbons (Fsp3) is 0.286. The molecule has 1 aromatic heterocycles. The molecule has 0 radical (unpaired) electrons. The minimum absolute atomic E-state index is 0.461. The highest BCUT2D eigenvalue weighted by Crippen LogP contribution is 2.39. The Kier molecular flexibility index (Phi) is 3.33. The van der Waals surface area contributed by atoms with Crippen LogP contribution in [-0.4, -0.2) is 9.97 Å². The summed E-state index contributed by atoms with van der Waals surface area (Å²) in [7, 11) is 0. The van der Waals surface area contributed by atoms with Gasteiger partial charge in [-0.2, -0.15) is 0 Å². The zero-order chi connectivity index (χ0) is 13.4. The molecule has 5 heteroatoms. The van der Waals surface area contributed by atoms with Crippen molar-refractivity contribution in [2.75, 3.05) is 5.32 Å². The van der Waals surface area contributed by atoms with Gasteiger partial charge in [0.05, 0.1) is 10.7 Å². The number of rotatable bonds is 3. The van der Waals surface area contributed by atoms with E-state index in [1.807, 2.05) is 25.1 Å². The van der Waals surface area contributed by atoms with Crippen LogP contribution in [-0.2, 0) is 0 Å². The molecule has 1 N–H and O–H groups in total. The smallest absolute Gasteiger partial charge is 0.135 e. The van der Waals surface area contributed by atoms with Crippen LogP contribution in [0.1, 0.15) is 30.1 Å². The monoisotopic (exact) mass is 293 g/mol. The zero-order valence-corrected chi connectivity index (χ0v) is 12.0. The van der Waals surface area contributed by atoms with Gasteiger partial charge in [0.1, 0.15) is 16.8 Å². The third kappa shape index (κ3) is 2.99. The lowest BCUT2D eigenvalue weighted by atomic mass is 10.2. The topological polar surface area (TPSA) is 37.8 Å². The Morgan fingerprint density at radius 3 is 2.63 bits per heavy atom. The molecular formula is C14H13Cl2N3. The van der Waals surface area contributed by atoms with E-state index in [0.717, 1.165) is 29.9 Å². The molecule has 1 aromatic carbocycles. The third-order valence-electron chi connectivity index (χ3n) is 3.04. The van der Waals surface area contributed by atoms with Gasteiger partial charge in [0.15, 0.2) is 0 Å². The van der Waals surface area contributed by atoms with E-state index >= 15 is 0 Å². The first kappa shape index (κ1) is 12.7. The van der Waals surface area contributed by atoms with Gasteiger partial charge in [-0.1, -0.05) is 29.3 Å². The highest BCUT2D eigenvalue weighted by molar-refractivity contribution is 6.33. The Hall–Kier alpha value is -1.32.